The summed E-state index contributed by atoms with van der Waals surface area (Å²) in [6.45, 7) is 4.25. The van der Waals surface area contributed by atoms with Crippen LogP contribution in [0.2, 0.25) is 0 Å². The fourth-order valence-electron chi connectivity index (χ4n) is 1.35. The van der Waals surface area contributed by atoms with Crippen molar-refractivity contribution in [2.24, 2.45) is 5.41 Å². The van der Waals surface area contributed by atoms with Crippen LogP contribution in [0.1, 0.15) is 26.2 Å². The molecule has 3 nitrogen and oxygen atoms in total. The molecule has 1 aliphatic carbocycles. The summed E-state index contributed by atoms with van der Waals surface area (Å²) in [4.78, 5) is 0. The first-order chi connectivity index (χ1) is 6.22. The van der Waals surface area contributed by atoms with E-state index in [1.54, 1.807) is 7.11 Å². The summed E-state index contributed by atoms with van der Waals surface area (Å²) in [5, 5.41) is 12.5. The van der Waals surface area contributed by atoms with E-state index < -0.39 is 0 Å². The molecule has 0 heterocycles. The van der Waals surface area contributed by atoms with Gasteiger partial charge < -0.3 is 15.2 Å². The van der Waals surface area contributed by atoms with E-state index in [0.29, 0.717) is 12.6 Å². The fourth-order valence-corrected chi connectivity index (χ4v) is 1.35. The Balaban J connectivity index is 2.04. The van der Waals surface area contributed by atoms with Gasteiger partial charge in [-0.05, 0) is 26.2 Å². The van der Waals surface area contributed by atoms with Gasteiger partial charge in [-0.3, -0.25) is 0 Å². The van der Waals surface area contributed by atoms with Gasteiger partial charge in [0.15, 0.2) is 0 Å². The number of rotatable bonds is 7. The average molecular weight is 187 g/mol. The molecule has 13 heavy (non-hydrogen) atoms. The van der Waals surface area contributed by atoms with Gasteiger partial charge in [0.25, 0.3) is 0 Å². The lowest BCUT2D eigenvalue weighted by Crippen LogP contribution is -2.34. The van der Waals surface area contributed by atoms with Crippen LogP contribution in [0.5, 0.6) is 0 Å². The molecule has 0 radical (unpaired) electrons. The van der Waals surface area contributed by atoms with Crippen molar-refractivity contribution in [2.75, 3.05) is 26.9 Å². The number of nitrogens with one attached hydrogen (secondary N) is 1. The molecule has 0 aliphatic heterocycles. The predicted molar refractivity (Wildman–Crippen MR) is 52.7 cm³/mol. The van der Waals surface area contributed by atoms with Crippen molar-refractivity contribution < 1.29 is 9.84 Å². The van der Waals surface area contributed by atoms with Gasteiger partial charge in [-0.2, -0.15) is 0 Å². The second-order valence-corrected chi connectivity index (χ2v) is 4.22. The molecule has 0 amide bonds. The zero-order chi connectivity index (χ0) is 9.73. The molecule has 1 unspecified atom stereocenters. The van der Waals surface area contributed by atoms with Crippen LogP contribution < -0.4 is 5.32 Å². The predicted octanol–water partition coefficient (Wildman–Crippen LogP) is 0.773. The normalized spacial score (nSPS) is 21.5. The summed E-state index contributed by atoms with van der Waals surface area (Å²) in [7, 11) is 1.73. The highest BCUT2D eigenvalue weighted by Crippen LogP contribution is 2.44. The molecule has 1 fully saturated rings. The lowest BCUT2D eigenvalue weighted by Gasteiger charge is -2.17. The molecule has 0 aromatic heterocycles. The molecule has 78 valence electrons. The van der Waals surface area contributed by atoms with E-state index in [9.17, 15) is 0 Å². The standard InChI is InChI=1S/C10H21NO2/c1-9(3-6-13-2)11-7-10(8-12)4-5-10/h9,11-12H,3-8H2,1-2H3. The van der Waals surface area contributed by atoms with Crippen LogP contribution in [0, 0.1) is 5.41 Å². The number of methoxy groups -OCH3 is 1. The van der Waals surface area contributed by atoms with Crippen molar-refractivity contribution in [1.29, 1.82) is 0 Å². The minimum atomic E-state index is 0.224. The van der Waals surface area contributed by atoms with Crippen LogP contribution in [-0.2, 0) is 4.74 Å². The lowest BCUT2D eigenvalue weighted by atomic mass is 10.1. The molecule has 0 saturated heterocycles. The number of aliphatic hydroxyl groups excluding tert-OH is 1. The van der Waals surface area contributed by atoms with Gasteiger partial charge in [0.2, 0.25) is 0 Å². The smallest absolute Gasteiger partial charge is 0.0499 e. The summed E-state index contributed by atoms with van der Waals surface area (Å²) in [6, 6.07) is 0.490. The maximum Gasteiger partial charge on any atom is 0.0499 e. The van der Waals surface area contributed by atoms with E-state index in [1.807, 2.05) is 0 Å². The second-order valence-electron chi connectivity index (χ2n) is 4.22. The van der Waals surface area contributed by atoms with Crippen molar-refractivity contribution in [3.63, 3.8) is 0 Å². The number of ether oxygens (including phenoxy) is 1. The van der Waals surface area contributed by atoms with Gasteiger partial charge in [-0.15, -0.1) is 0 Å². The number of hydrogen-bond donors (Lipinski definition) is 2. The third-order valence-electron chi connectivity index (χ3n) is 2.87. The average Bonchev–Trinajstić information content (AvgIpc) is 2.92. The van der Waals surface area contributed by atoms with Gasteiger partial charge in [-0.1, -0.05) is 0 Å². The van der Waals surface area contributed by atoms with Crippen LogP contribution in [0.25, 0.3) is 0 Å². The van der Waals surface area contributed by atoms with Gasteiger partial charge in [0.05, 0.1) is 0 Å². The molecule has 0 aromatic carbocycles. The molecule has 2 N–H and O–H groups in total. The van der Waals surface area contributed by atoms with E-state index in [4.69, 9.17) is 9.84 Å². The summed E-state index contributed by atoms with van der Waals surface area (Å²) in [6.07, 6.45) is 3.39. The quantitative estimate of drug-likeness (QED) is 0.618. The summed E-state index contributed by atoms with van der Waals surface area (Å²) < 4.78 is 5.00. The van der Waals surface area contributed by atoms with Crippen LogP contribution in [0.4, 0.5) is 0 Å². The molecule has 1 saturated carbocycles. The maximum atomic E-state index is 9.08. The topological polar surface area (TPSA) is 41.5 Å². The molecule has 1 aliphatic rings. The highest BCUT2D eigenvalue weighted by Gasteiger charge is 2.41. The zero-order valence-electron chi connectivity index (χ0n) is 8.68. The molecule has 3 heteroatoms. The van der Waals surface area contributed by atoms with Gasteiger partial charge in [0, 0.05) is 38.3 Å². The Labute approximate surface area is 80.5 Å². The SMILES string of the molecule is COCCC(C)NCC1(CO)CC1. The van der Waals surface area contributed by atoms with E-state index >= 15 is 0 Å². The Hall–Kier alpha value is -0.120. The number of hydrogen-bond acceptors (Lipinski definition) is 3. The van der Waals surface area contributed by atoms with E-state index in [2.05, 4.69) is 12.2 Å². The van der Waals surface area contributed by atoms with Crippen LogP contribution in [-0.4, -0.2) is 38.0 Å². The Morgan fingerprint density at radius 2 is 2.23 bits per heavy atom. The molecule has 0 bridgehead atoms. The van der Waals surface area contributed by atoms with Crippen molar-refractivity contribution in [2.45, 2.75) is 32.2 Å². The first-order valence-corrected chi connectivity index (χ1v) is 5.06. The molecular formula is C10H21NO2. The Bertz CT molecular complexity index is 146. The second kappa shape index (κ2) is 4.94. The first kappa shape index (κ1) is 11.0. The largest absolute Gasteiger partial charge is 0.396 e. The van der Waals surface area contributed by atoms with Crippen molar-refractivity contribution in [1.82, 2.24) is 5.32 Å². The van der Waals surface area contributed by atoms with E-state index in [-0.39, 0.29) is 5.41 Å². The summed E-state index contributed by atoms with van der Waals surface area (Å²) >= 11 is 0. The fraction of sp³-hybridized carbons (Fsp3) is 1.00. The minimum absolute atomic E-state index is 0.224. The maximum absolute atomic E-state index is 9.08. The highest BCUT2D eigenvalue weighted by atomic mass is 16.5. The Morgan fingerprint density at radius 3 is 2.69 bits per heavy atom. The highest BCUT2D eigenvalue weighted by molar-refractivity contribution is 4.94. The van der Waals surface area contributed by atoms with Gasteiger partial charge >= 0.3 is 0 Å². The van der Waals surface area contributed by atoms with Crippen molar-refractivity contribution >= 4 is 0 Å². The molecule has 0 aromatic rings. The number of aliphatic hydroxyl groups is 1. The van der Waals surface area contributed by atoms with Gasteiger partial charge in [0.1, 0.15) is 0 Å². The van der Waals surface area contributed by atoms with Crippen LogP contribution in [0.3, 0.4) is 0 Å². The monoisotopic (exact) mass is 187 g/mol. The Morgan fingerprint density at radius 1 is 1.54 bits per heavy atom. The van der Waals surface area contributed by atoms with Crippen molar-refractivity contribution in [3.8, 4) is 0 Å². The lowest BCUT2D eigenvalue weighted by molar-refractivity contribution is 0.176. The van der Waals surface area contributed by atoms with E-state index in [0.717, 1.165) is 19.6 Å². The molecule has 1 rings (SSSR count). The van der Waals surface area contributed by atoms with Crippen LogP contribution in [0.15, 0.2) is 0 Å². The minimum Gasteiger partial charge on any atom is -0.396 e. The summed E-state index contributed by atoms with van der Waals surface area (Å²) in [5.74, 6) is 0. The summed E-state index contributed by atoms with van der Waals surface area (Å²) in [5.41, 5.74) is 0.224. The molecular weight excluding hydrogens is 166 g/mol. The molecule has 1 atom stereocenters. The van der Waals surface area contributed by atoms with Crippen LogP contribution >= 0.6 is 0 Å². The Kier molecular flexibility index (Phi) is 4.16. The third-order valence-corrected chi connectivity index (χ3v) is 2.87. The zero-order valence-corrected chi connectivity index (χ0v) is 8.68. The molecule has 0 spiro atoms. The third kappa shape index (κ3) is 3.63. The van der Waals surface area contributed by atoms with Gasteiger partial charge in [-0.25, -0.2) is 0 Å². The first-order valence-electron chi connectivity index (χ1n) is 5.06. The van der Waals surface area contributed by atoms with Crippen molar-refractivity contribution in [3.05, 3.63) is 0 Å². The van der Waals surface area contributed by atoms with E-state index in [1.165, 1.54) is 12.8 Å².